The van der Waals surface area contributed by atoms with Gasteiger partial charge in [-0.25, -0.2) is 4.72 Å². The van der Waals surface area contributed by atoms with Crippen LogP contribution in [0.5, 0.6) is 0 Å². The molecule has 3 aromatic rings. The van der Waals surface area contributed by atoms with Gasteiger partial charge in [0.15, 0.2) is 0 Å². The third-order valence-corrected chi connectivity index (χ3v) is 6.98. The van der Waals surface area contributed by atoms with Crippen molar-refractivity contribution in [3.8, 4) is 0 Å². The van der Waals surface area contributed by atoms with Crippen LogP contribution in [0.2, 0.25) is 5.02 Å². The smallest absolute Gasteiger partial charge is 0.279 e. The average Bonchev–Trinajstić information content (AvgIpc) is 3.14. The number of aromatic nitrogens is 1. The fraction of sp³-hybridized carbons (Fsp3) is 0.300. The van der Waals surface area contributed by atoms with Crippen LogP contribution in [0.3, 0.4) is 0 Å². The molecule has 8 heteroatoms. The van der Waals surface area contributed by atoms with E-state index in [1.165, 1.54) is 4.31 Å². The van der Waals surface area contributed by atoms with Crippen LogP contribution in [0.25, 0.3) is 10.9 Å². The lowest BCUT2D eigenvalue weighted by molar-refractivity contribution is 0.0725. The minimum Gasteiger partial charge on any atom is -0.379 e. The maximum Gasteiger partial charge on any atom is 0.279 e. The highest BCUT2D eigenvalue weighted by Crippen LogP contribution is 2.34. The van der Waals surface area contributed by atoms with Gasteiger partial charge in [0.1, 0.15) is 0 Å². The summed E-state index contributed by atoms with van der Waals surface area (Å²) in [5, 5.41) is 1.67. The molecule has 0 radical (unpaired) electrons. The van der Waals surface area contributed by atoms with Gasteiger partial charge < -0.3 is 9.72 Å². The molecule has 2 N–H and O–H groups in total. The predicted molar refractivity (Wildman–Crippen MR) is 111 cm³/mol. The summed E-state index contributed by atoms with van der Waals surface area (Å²) < 4.78 is 35.0. The Morgan fingerprint density at radius 3 is 2.57 bits per heavy atom. The Labute approximate surface area is 169 Å². The van der Waals surface area contributed by atoms with E-state index in [4.69, 9.17) is 16.3 Å². The molecule has 1 saturated heterocycles. The van der Waals surface area contributed by atoms with Crippen LogP contribution in [-0.2, 0) is 14.9 Å². The first-order valence-electron chi connectivity index (χ1n) is 9.19. The molecule has 0 spiro atoms. The summed E-state index contributed by atoms with van der Waals surface area (Å²) in [5.41, 5.74) is 2.90. The lowest BCUT2D eigenvalue weighted by Crippen LogP contribution is -2.47. The number of halogens is 1. The van der Waals surface area contributed by atoms with Gasteiger partial charge in [0.25, 0.3) is 10.2 Å². The van der Waals surface area contributed by atoms with Crippen LogP contribution in [0.1, 0.15) is 17.0 Å². The molecule has 0 bridgehead atoms. The van der Waals surface area contributed by atoms with Gasteiger partial charge in [-0.15, -0.1) is 0 Å². The number of morpholine rings is 1. The molecule has 2 aromatic carbocycles. The third-order valence-electron chi connectivity index (χ3n) is 5.06. The lowest BCUT2D eigenvalue weighted by Gasteiger charge is -2.27. The summed E-state index contributed by atoms with van der Waals surface area (Å²) in [5.74, 6) is -0.222. The number of aromatic amines is 1. The number of nitrogens with one attached hydrogen (secondary N) is 2. The first-order valence-corrected chi connectivity index (χ1v) is 11.0. The SMILES string of the molecule is O=S(=O)(NCC(c1ccccc1Cl)c1c[nH]c2ccccc12)N1CCOCC1. The third kappa shape index (κ3) is 3.94. The molecule has 148 valence electrons. The summed E-state index contributed by atoms with van der Waals surface area (Å²) in [6.45, 7) is 1.76. The second-order valence-corrected chi connectivity index (χ2v) is 8.89. The van der Waals surface area contributed by atoms with E-state index in [-0.39, 0.29) is 12.5 Å². The summed E-state index contributed by atoms with van der Waals surface area (Å²) in [6, 6.07) is 15.5. The number of hydrogen-bond donors (Lipinski definition) is 2. The average molecular weight is 420 g/mol. The summed E-state index contributed by atoms with van der Waals surface area (Å²) >= 11 is 6.47. The summed E-state index contributed by atoms with van der Waals surface area (Å²) in [6.07, 6.45) is 1.93. The van der Waals surface area contributed by atoms with E-state index in [1.807, 2.05) is 54.7 Å². The molecule has 1 aliphatic heterocycles. The van der Waals surface area contributed by atoms with Gasteiger partial charge in [0, 0.05) is 47.7 Å². The molecule has 1 unspecified atom stereocenters. The molecule has 0 amide bonds. The minimum absolute atomic E-state index is 0.214. The first-order chi connectivity index (χ1) is 13.6. The van der Waals surface area contributed by atoms with Crippen molar-refractivity contribution in [1.29, 1.82) is 0 Å². The molecular formula is C20H22ClN3O3S. The van der Waals surface area contributed by atoms with Crippen LogP contribution in [-0.4, -0.2) is 50.6 Å². The van der Waals surface area contributed by atoms with Crippen LogP contribution in [0, 0.1) is 0 Å². The van der Waals surface area contributed by atoms with E-state index < -0.39 is 10.2 Å². The highest BCUT2D eigenvalue weighted by molar-refractivity contribution is 7.87. The van der Waals surface area contributed by atoms with E-state index in [1.54, 1.807) is 0 Å². The van der Waals surface area contributed by atoms with E-state index in [0.717, 1.165) is 22.0 Å². The van der Waals surface area contributed by atoms with Gasteiger partial charge in [0.2, 0.25) is 0 Å². The molecule has 1 atom stereocenters. The van der Waals surface area contributed by atoms with Crippen molar-refractivity contribution in [2.24, 2.45) is 0 Å². The molecule has 0 aliphatic carbocycles. The summed E-state index contributed by atoms with van der Waals surface area (Å²) in [7, 11) is -3.59. The largest absolute Gasteiger partial charge is 0.379 e. The summed E-state index contributed by atoms with van der Waals surface area (Å²) in [4.78, 5) is 3.27. The monoisotopic (exact) mass is 419 g/mol. The maximum absolute atomic E-state index is 12.8. The van der Waals surface area contributed by atoms with Gasteiger partial charge in [-0.1, -0.05) is 48.0 Å². The molecular weight excluding hydrogens is 398 g/mol. The topological polar surface area (TPSA) is 74.4 Å². The molecule has 1 fully saturated rings. The number of benzene rings is 2. The minimum atomic E-state index is -3.59. The standard InChI is InChI=1S/C20H22ClN3O3S/c21-19-7-3-1-5-15(19)18(17-13-22-20-8-4-2-6-16(17)20)14-23-28(25,26)24-9-11-27-12-10-24/h1-8,13,18,22-23H,9-12,14H2. The van der Waals surface area contributed by atoms with E-state index in [9.17, 15) is 8.42 Å². The predicted octanol–water partition coefficient (Wildman–Crippen LogP) is 3.12. The number of ether oxygens (including phenoxy) is 1. The van der Waals surface area contributed by atoms with Gasteiger partial charge in [-0.05, 0) is 23.3 Å². The van der Waals surface area contributed by atoms with Crippen molar-refractivity contribution < 1.29 is 13.2 Å². The number of nitrogens with zero attached hydrogens (tertiary/aromatic N) is 1. The van der Waals surface area contributed by atoms with E-state index >= 15 is 0 Å². The second kappa shape index (κ2) is 8.23. The highest BCUT2D eigenvalue weighted by Gasteiger charge is 2.27. The van der Waals surface area contributed by atoms with Crippen LogP contribution in [0.15, 0.2) is 54.7 Å². The number of hydrogen-bond acceptors (Lipinski definition) is 3. The fourth-order valence-corrected chi connectivity index (χ4v) is 5.05. The Morgan fingerprint density at radius 1 is 1.07 bits per heavy atom. The van der Waals surface area contributed by atoms with E-state index in [2.05, 4.69) is 9.71 Å². The Morgan fingerprint density at radius 2 is 1.79 bits per heavy atom. The van der Waals surface area contributed by atoms with Crippen molar-refractivity contribution in [3.63, 3.8) is 0 Å². The molecule has 28 heavy (non-hydrogen) atoms. The van der Waals surface area contributed by atoms with Crippen molar-refractivity contribution in [3.05, 3.63) is 70.9 Å². The molecule has 1 aromatic heterocycles. The molecule has 1 aliphatic rings. The first kappa shape index (κ1) is 19.4. The zero-order valence-corrected chi connectivity index (χ0v) is 16.8. The van der Waals surface area contributed by atoms with Crippen molar-refractivity contribution in [1.82, 2.24) is 14.0 Å². The quantitative estimate of drug-likeness (QED) is 0.644. The Hall–Kier alpha value is -1.90. The van der Waals surface area contributed by atoms with Crippen molar-refractivity contribution in [2.45, 2.75) is 5.92 Å². The van der Waals surface area contributed by atoms with Crippen LogP contribution < -0.4 is 4.72 Å². The molecule has 0 saturated carbocycles. The Bertz CT molecular complexity index is 1060. The van der Waals surface area contributed by atoms with Gasteiger partial charge in [0.05, 0.1) is 13.2 Å². The number of fused-ring (bicyclic) bond motifs is 1. The zero-order valence-electron chi connectivity index (χ0n) is 15.3. The van der Waals surface area contributed by atoms with Gasteiger partial charge in [-0.2, -0.15) is 12.7 Å². The van der Waals surface area contributed by atoms with Crippen molar-refractivity contribution >= 4 is 32.7 Å². The van der Waals surface area contributed by atoms with Crippen LogP contribution in [0.4, 0.5) is 0 Å². The molecule has 6 nitrogen and oxygen atoms in total. The lowest BCUT2D eigenvalue weighted by atomic mass is 9.91. The normalized spacial score (nSPS) is 17.0. The zero-order chi connectivity index (χ0) is 19.6. The number of rotatable bonds is 6. The van der Waals surface area contributed by atoms with Crippen LogP contribution >= 0.6 is 11.6 Å². The highest BCUT2D eigenvalue weighted by atomic mass is 35.5. The maximum atomic E-state index is 12.8. The number of H-pyrrole nitrogens is 1. The number of para-hydroxylation sites is 1. The second-order valence-electron chi connectivity index (χ2n) is 6.73. The molecule has 4 rings (SSSR count). The Kier molecular flexibility index (Phi) is 5.70. The fourth-order valence-electron chi connectivity index (χ4n) is 3.59. The van der Waals surface area contributed by atoms with Gasteiger partial charge >= 0.3 is 0 Å². The molecule has 2 heterocycles. The van der Waals surface area contributed by atoms with Gasteiger partial charge in [-0.3, -0.25) is 0 Å². The van der Waals surface area contributed by atoms with Crippen molar-refractivity contribution in [2.75, 3.05) is 32.8 Å². The van der Waals surface area contributed by atoms with E-state index in [0.29, 0.717) is 31.3 Å². The Balaban J connectivity index is 1.67.